The Kier molecular flexibility index (Phi) is 5.63. The molecule has 7 nitrogen and oxygen atoms in total. The van der Waals surface area contributed by atoms with E-state index in [1.807, 2.05) is 6.92 Å². The molecule has 0 spiro atoms. The van der Waals surface area contributed by atoms with Crippen molar-refractivity contribution in [2.24, 2.45) is 5.10 Å². The molecule has 1 aromatic carbocycles. The van der Waals surface area contributed by atoms with Crippen molar-refractivity contribution in [3.05, 3.63) is 82.0 Å². The molecule has 0 saturated heterocycles. The highest BCUT2D eigenvalue weighted by molar-refractivity contribution is 6.30. The van der Waals surface area contributed by atoms with Crippen LogP contribution in [0.2, 0.25) is 5.02 Å². The first-order valence-electron chi connectivity index (χ1n) is 9.50. The van der Waals surface area contributed by atoms with Gasteiger partial charge in [-0.15, -0.1) is 0 Å². The zero-order chi connectivity index (χ0) is 21.1. The van der Waals surface area contributed by atoms with Gasteiger partial charge in [0.15, 0.2) is 5.76 Å². The summed E-state index contributed by atoms with van der Waals surface area (Å²) < 4.78 is 5.87. The number of aryl methyl sites for hydroxylation is 1. The molecule has 3 aromatic rings. The average molecular weight is 423 g/mol. The Hall–Kier alpha value is -3.45. The van der Waals surface area contributed by atoms with E-state index in [1.54, 1.807) is 48.7 Å². The summed E-state index contributed by atoms with van der Waals surface area (Å²) in [6.45, 7) is 1.82. The van der Waals surface area contributed by atoms with Crippen LogP contribution in [0.5, 0.6) is 0 Å². The van der Waals surface area contributed by atoms with Crippen molar-refractivity contribution in [1.29, 1.82) is 0 Å². The zero-order valence-electron chi connectivity index (χ0n) is 16.2. The highest BCUT2D eigenvalue weighted by Gasteiger charge is 2.28. The quantitative estimate of drug-likeness (QED) is 0.610. The first-order chi connectivity index (χ1) is 14.5. The third-order valence-corrected chi connectivity index (χ3v) is 5.08. The summed E-state index contributed by atoms with van der Waals surface area (Å²) >= 11 is 5.89. The monoisotopic (exact) mass is 422 g/mol. The van der Waals surface area contributed by atoms with E-state index in [1.165, 1.54) is 0 Å². The lowest BCUT2D eigenvalue weighted by Gasteiger charge is -2.13. The number of amides is 2. The number of rotatable bonds is 4. The van der Waals surface area contributed by atoms with Crippen molar-refractivity contribution >= 4 is 34.8 Å². The van der Waals surface area contributed by atoms with Crippen molar-refractivity contribution in [2.75, 3.05) is 5.32 Å². The third kappa shape index (κ3) is 4.11. The molecule has 0 atom stereocenters. The lowest BCUT2D eigenvalue weighted by Crippen LogP contribution is -2.22. The van der Waals surface area contributed by atoms with Gasteiger partial charge in [-0.3, -0.25) is 14.6 Å². The second-order valence-corrected chi connectivity index (χ2v) is 7.32. The molecule has 0 aliphatic heterocycles. The molecule has 2 N–H and O–H groups in total. The Balaban J connectivity index is 1.56. The molecule has 152 valence electrons. The van der Waals surface area contributed by atoms with Gasteiger partial charge in [-0.2, -0.15) is 5.10 Å². The van der Waals surface area contributed by atoms with E-state index >= 15 is 0 Å². The number of carbonyl (C=O) groups excluding carboxylic acids is 2. The Morgan fingerprint density at radius 1 is 1.10 bits per heavy atom. The molecular formula is C22H19ClN4O3. The molecule has 2 aromatic heterocycles. The summed E-state index contributed by atoms with van der Waals surface area (Å²) in [6, 6.07) is 11.9. The number of aromatic nitrogens is 1. The van der Waals surface area contributed by atoms with Crippen molar-refractivity contribution in [3.8, 4) is 0 Å². The van der Waals surface area contributed by atoms with Gasteiger partial charge < -0.3 is 9.73 Å². The zero-order valence-corrected chi connectivity index (χ0v) is 17.0. The van der Waals surface area contributed by atoms with E-state index in [0.29, 0.717) is 40.6 Å². The fraction of sp³-hybridized carbons (Fsp3) is 0.182. The molecule has 2 amide bonds. The van der Waals surface area contributed by atoms with Crippen LogP contribution < -0.4 is 10.7 Å². The molecule has 0 saturated carbocycles. The first kappa shape index (κ1) is 19.8. The number of pyridine rings is 1. The predicted molar refractivity (Wildman–Crippen MR) is 114 cm³/mol. The van der Waals surface area contributed by atoms with E-state index in [0.717, 1.165) is 12.0 Å². The summed E-state index contributed by atoms with van der Waals surface area (Å²) in [5.74, 6) is 0.199. The number of hydrazone groups is 1. The van der Waals surface area contributed by atoms with E-state index in [-0.39, 0.29) is 17.4 Å². The van der Waals surface area contributed by atoms with E-state index in [4.69, 9.17) is 16.0 Å². The topological polar surface area (TPSA) is 96.6 Å². The van der Waals surface area contributed by atoms with Crippen LogP contribution in [0.25, 0.3) is 0 Å². The van der Waals surface area contributed by atoms with Crippen LogP contribution in [-0.4, -0.2) is 22.5 Å². The second-order valence-electron chi connectivity index (χ2n) is 6.88. The number of furan rings is 1. The Bertz CT molecular complexity index is 1120. The number of benzene rings is 1. The van der Waals surface area contributed by atoms with Crippen LogP contribution in [0.15, 0.2) is 58.2 Å². The van der Waals surface area contributed by atoms with E-state index in [2.05, 4.69) is 20.8 Å². The fourth-order valence-electron chi connectivity index (χ4n) is 3.39. The molecule has 0 unspecified atom stereocenters. The fourth-order valence-corrected chi connectivity index (χ4v) is 3.52. The van der Waals surface area contributed by atoms with Crippen molar-refractivity contribution in [1.82, 2.24) is 10.4 Å². The number of hydrogen-bond donors (Lipinski definition) is 2. The molecular weight excluding hydrogens is 404 g/mol. The maximum Gasteiger partial charge on any atom is 0.291 e. The molecule has 30 heavy (non-hydrogen) atoms. The SMILES string of the molecule is Cc1c(C(=O)Nc2ccc(Cl)cc2)oc2c1/C(=N/NC(=O)c1ccccn1)CCC2. The Labute approximate surface area is 178 Å². The second kappa shape index (κ2) is 8.51. The molecule has 0 fully saturated rings. The molecule has 8 heteroatoms. The summed E-state index contributed by atoms with van der Waals surface area (Å²) in [5, 5.41) is 7.70. The van der Waals surface area contributed by atoms with Gasteiger partial charge in [-0.25, -0.2) is 5.43 Å². The van der Waals surface area contributed by atoms with Gasteiger partial charge in [0, 0.05) is 34.5 Å². The summed E-state index contributed by atoms with van der Waals surface area (Å²) in [7, 11) is 0. The standard InChI is InChI=1S/C22H19ClN4O3/c1-13-19-16(26-27-21(28)17-5-2-3-12-24-17)6-4-7-18(19)30-20(13)22(29)25-15-10-8-14(23)9-11-15/h2-3,5,8-12H,4,6-7H2,1H3,(H,25,29)(H,27,28)/b26-16+. The summed E-state index contributed by atoms with van der Waals surface area (Å²) in [6.07, 6.45) is 3.74. The number of fused-ring (bicyclic) bond motifs is 1. The largest absolute Gasteiger partial charge is 0.455 e. The molecule has 1 aliphatic carbocycles. The first-order valence-corrected chi connectivity index (χ1v) is 9.88. The molecule has 1 aliphatic rings. The van der Waals surface area contributed by atoms with Crippen LogP contribution in [0.4, 0.5) is 5.69 Å². The maximum atomic E-state index is 12.7. The minimum Gasteiger partial charge on any atom is -0.455 e. The van der Waals surface area contributed by atoms with Crippen molar-refractivity contribution in [3.63, 3.8) is 0 Å². The van der Waals surface area contributed by atoms with E-state index < -0.39 is 5.91 Å². The predicted octanol–water partition coefficient (Wildman–Crippen LogP) is 4.36. The number of nitrogens with one attached hydrogen (secondary N) is 2. The number of carbonyl (C=O) groups is 2. The number of halogens is 1. The van der Waals surface area contributed by atoms with Crippen LogP contribution in [-0.2, 0) is 6.42 Å². The van der Waals surface area contributed by atoms with Gasteiger partial charge in [-0.1, -0.05) is 17.7 Å². The van der Waals surface area contributed by atoms with Gasteiger partial charge in [0.2, 0.25) is 0 Å². The summed E-state index contributed by atoms with van der Waals surface area (Å²) in [5.41, 5.74) is 5.62. The van der Waals surface area contributed by atoms with Gasteiger partial charge >= 0.3 is 0 Å². The van der Waals surface area contributed by atoms with E-state index in [9.17, 15) is 9.59 Å². The van der Waals surface area contributed by atoms with Crippen LogP contribution in [0.3, 0.4) is 0 Å². The van der Waals surface area contributed by atoms with Gasteiger partial charge in [-0.05, 0) is 56.2 Å². The molecule has 4 rings (SSSR count). The highest BCUT2D eigenvalue weighted by Crippen LogP contribution is 2.30. The van der Waals surface area contributed by atoms with Crippen molar-refractivity contribution < 1.29 is 14.0 Å². The Morgan fingerprint density at radius 2 is 1.90 bits per heavy atom. The number of nitrogens with zero attached hydrogens (tertiary/aromatic N) is 2. The van der Waals surface area contributed by atoms with Crippen LogP contribution >= 0.6 is 11.6 Å². The third-order valence-electron chi connectivity index (χ3n) is 4.82. The number of hydrogen-bond acceptors (Lipinski definition) is 5. The minimum absolute atomic E-state index is 0.237. The molecule has 0 radical (unpaired) electrons. The van der Waals surface area contributed by atoms with Gasteiger partial charge in [0.25, 0.3) is 11.8 Å². The minimum atomic E-state index is -0.392. The van der Waals surface area contributed by atoms with Crippen LogP contribution in [0.1, 0.15) is 50.8 Å². The van der Waals surface area contributed by atoms with Gasteiger partial charge in [0.05, 0.1) is 5.71 Å². The maximum absolute atomic E-state index is 12.7. The summed E-state index contributed by atoms with van der Waals surface area (Å²) in [4.78, 5) is 29.0. The smallest absolute Gasteiger partial charge is 0.291 e. The lowest BCUT2D eigenvalue weighted by molar-refractivity contribution is 0.0948. The number of anilines is 1. The van der Waals surface area contributed by atoms with Crippen molar-refractivity contribution in [2.45, 2.75) is 26.2 Å². The van der Waals surface area contributed by atoms with Crippen LogP contribution in [0, 0.1) is 6.92 Å². The highest BCUT2D eigenvalue weighted by atomic mass is 35.5. The molecule has 2 heterocycles. The van der Waals surface area contributed by atoms with Gasteiger partial charge in [0.1, 0.15) is 11.5 Å². The normalized spacial score (nSPS) is 14.3. The Morgan fingerprint density at radius 3 is 2.63 bits per heavy atom. The lowest BCUT2D eigenvalue weighted by atomic mass is 9.93. The molecule has 0 bridgehead atoms. The average Bonchev–Trinajstić information content (AvgIpc) is 3.11.